The summed E-state index contributed by atoms with van der Waals surface area (Å²) in [5, 5.41) is 8.61. The Morgan fingerprint density at radius 1 is 1.35 bits per heavy atom. The van der Waals surface area contributed by atoms with E-state index in [2.05, 4.69) is 10.2 Å². The fourth-order valence-corrected chi connectivity index (χ4v) is 2.76. The predicted molar refractivity (Wildman–Crippen MR) is 90.7 cm³/mol. The first-order valence-electron chi connectivity index (χ1n) is 6.76. The van der Waals surface area contributed by atoms with Gasteiger partial charge in [-0.1, -0.05) is 23.9 Å². The Morgan fingerprint density at radius 3 is 2.65 bits per heavy atom. The Bertz CT molecular complexity index is 664. The van der Waals surface area contributed by atoms with E-state index in [-0.39, 0.29) is 29.9 Å². The van der Waals surface area contributed by atoms with Crippen LogP contribution < -0.4 is 5.73 Å². The summed E-state index contributed by atoms with van der Waals surface area (Å²) >= 11 is 1.22. The Balaban J connectivity index is 0.00000264. The normalized spacial score (nSPS) is 10.3. The van der Waals surface area contributed by atoms with E-state index in [9.17, 15) is 9.18 Å². The van der Waals surface area contributed by atoms with E-state index in [1.54, 1.807) is 36.9 Å². The molecule has 0 aliphatic carbocycles. The second-order valence-corrected chi connectivity index (χ2v) is 5.74. The summed E-state index contributed by atoms with van der Waals surface area (Å²) in [7, 11) is 3.37. The van der Waals surface area contributed by atoms with E-state index in [1.165, 1.54) is 22.7 Å². The summed E-state index contributed by atoms with van der Waals surface area (Å²) in [5.74, 6) is 0.365. The molecule has 0 atom stereocenters. The topological polar surface area (TPSA) is 77.0 Å². The number of halogens is 2. The molecule has 0 aliphatic heterocycles. The number of aromatic nitrogens is 3. The van der Waals surface area contributed by atoms with E-state index in [1.807, 2.05) is 0 Å². The zero-order valence-electron chi connectivity index (χ0n) is 12.9. The lowest BCUT2D eigenvalue weighted by atomic mass is 10.3. The van der Waals surface area contributed by atoms with Crippen molar-refractivity contribution in [2.24, 2.45) is 5.73 Å². The van der Waals surface area contributed by atoms with Crippen molar-refractivity contribution in [3.8, 4) is 5.69 Å². The molecule has 1 heterocycles. The van der Waals surface area contributed by atoms with Crippen LogP contribution >= 0.6 is 24.2 Å². The van der Waals surface area contributed by atoms with E-state index in [4.69, 9.17) is 5.73 Å². The lowest BCUT2D eigenvalue weighted by molar-refractivity contribution is -0.125. The van der Waals surface area contributed by atoms with Gasteiger partial charge >= 0.3 is 0 Å². The average molecular weight is 360 g/mol. The maximum Gasteiger partial charge on any atom is 0.232 e. The zero-order chi connectivity index (χ0) is 16.1. The van der Waals surface area contributed by atoms with Gasteiger partial charge in [0.1, 0.15) is 11.6 Å². The highest BCUT2D eigenvalue weighted by molar-refractivity contribution is 7.99. The lowest BCUT2D eigenvalue weighted by Crippen LogP contribution is -2.23. The molecular formula is C14H19ClFN5OS. The number of thioether (sulfide) groups is 1. The van der Waals surface area contributed by atoms with Gasteiger partial charge in [-0.3, -0.25) is 9.36 Å². The van der Waals surface area contributed by atoms with E-state index < -0.39 is 0 Å². The maximum absolute atomic E-state index is 14.1. The third-order valence-corrected chi connectivity index (χ3v) is 3.90. The monoisotopic (exact) mass is 359 g/mol. The zero-order valence-corrected chi connectivity index (χ0v) is 14.5. The van der Waals surface area contributed by atoms with Gasteiger partial charge in [-0.25, -0.2) is 4.39 Å². The molecule has 1 aromatic carbocycles. The summed E-state index contributed by atoms with van der Waals surface area (Å²) in [6, 6.07) is 6.38. The largest absolute Gasteiger partial charge is 0.348 e. The van der Waals surface area contributed by atoms with Crippen molar-refractivity contribution in [1.82, 2.24) is 19.7 Å². The molecule has 0 unspecified atom stereocenters. The van der Waals surface area contributed by atoms with Crippen LogP contribution in [0.1, 0.15) is 5.82 Å². The first-order valence-corrected chi connectivity index (χ1v) is 7.75. The van der Waals surface area contributed by atoms with Crippen molar-refractivity contribution < 1.29 is 9.18 Å². The first-order chi connectivity index (χ1) is 10.5. The maximum atomic E-state index is 14.1. The summed E-state index contributed by atoms with van der Waals surface area (Å²) in [4.78, 5) is 13.2. The highest BCUT2D eigenvalue weighted by atomic mass is 35.5. The Kier molecular flexibility index (Phi) is 7.47. The molecule has 0 bridgehead atoms. The van der Waals surface area contributed by atoms with Crippen LogP contribution in [0, 0.1) is 5.82 Å². The molecule has 0 spiro atoms. The van der Waals surface area contributed by atoms with Crippen molar-refractivity contribution in [2.45, 2.75) is 11.6 Å². The molecular weight excluding hydrogens is 341 g/mol. The van der Waals surface area contributed by atoms with Crippen LogP contribution in [0.5, 0.6) is 0 Å². The number of hydrogen-bond donors (Lipinski definition) is 1. The van der Waals surface area contributed by atoms with Gasteiger partial charge in [0.2, 0.25) is 5.91 Å². The van der Waals surface area contributed by atoms with Crippen molar-refractivity contribution in [2.75, 3.05) is 26.4 Å². The molecule has 6 nitrogen and oxygen atoms in total. The number of carbonyl (C=O) groups excluding carboxylic acids is 1. The van der Waals surface area contributed by atoms with E-state index in [0.29, 0.717) is 29.6 Å². The molecule has 2 aromatic rings. The quantitative estimate of drug-likeness (QED) is 0.791. The minimum Gasteiger partial charge on any atom is -0.348 e. The Labute approximate surface area is 144 Å². The standard InChI is InChI=1S/C14H18FN5OS.ClH/c1-19(2)13(21)9-22-14-18-17-12(7-8-16)20(14)11-6-4-3-5-10(11)15;/h3-6H,7-9,16H2,1-2H3;1H. The number of hydrogen-bond acceptors (Lipinski definition) is 5. The van der Waals surface area contributed by atoms with Gasteiger partial charge in [0.15, 0.2) is 5.16 Å². The van der Waals surface area contributed by atoms with Gasteiger partial charge in [-0.15, -0.1) is 22.6 Å². The average Bonchev–Trinajstić information content (AvgIpc) is 2.88. The molecule has 0 fully saturated rings. The number of amides is 1. The van der Waals surface area contributed by atoms with Crippen molar-refractivity contribution in [3.05, 3.63) is 35.9 Å². The van der Waals surface area contributed by atoms with Gasteiger partial charge < -0.3 is 10.6 Å². The fourth-order valence-electron chi connectivity index (χ4n) is 1.82. The summed E-state index contributed by atoms with van der Waals surface area (Å²) in [5.41, 5.74) is 5.93. The number of para-hydroxylation sites is 1. The summed E-state index contributed by atoms with van der Waals surface area (Å²) < 4.78 is 15.7. The first kappa shape index (κ1) is 19.4. The SMILES string of the molecule is CN(C)C(=O)CSc1nnc(CCN)n1-c1ccccc1F.Cl. The number of nitrogens with zero attached hydrogens (tertiary/aromatic N) is 4. The van der Waals surface area contributed by atoms with Gasteiger partial charge in [-0.05, 0) is 18.7 Å². The second-order valence-electron chi connectivity index (χ2n) is 4.80. The molecule has 23 heavy (non-hydrogen) atoms. The molecule has 2 N–H and O–H groups in total. The summed E-state index contributed by atoms with van der Waals surface area (Å²) in [6.45, 7) is 0.383. The molecule has 126 valence electrons. The molecule has 1 aromatic heterocycles. The Morgan fingerprint density at radius 2 is 2.04 bits per heavy atom. The highest BCUT2D eigenvalue weighted by Gasteiger charge is 2.18. The van der Waals surface area contributed by atoms with Crippen LogP contribution in [0.4, 0.5) is 4.39 Å². The minimum atomic E-state index is -0.374. The number of rotatable bonds is 6. The van der Waals surface area contributed by atoms with Crippen LogP contribution in [-0.2, 0) is 11.2 Å². The van der Waals surface area contributed by atoms with Crippen LogP contribution in [-0.4, -0.2) is 52.0 Å². The highest BCUT2D eigenvalue weighted by Crippen LogP contribution is 2.24. The Hall–Kier alpha value is -1.64. The third-order valence-electron chi connectivity index (χ3n) is 2.99. The molecule has 1 amide bonds. The van der Waals surface area contributed by atoms with Gasteiger partial charge in [0.25, 0.3) is 0 Å². The molecule has 9 heteroatoms. The van der Waals surface area contributed by atoms with Gasteiger partial charge in [-0.2, -0.15) is 0 Å². The smallest absolute Gasteiger partial charge is 0.232 e. The summed E-state index contributed by atoms with van der Waals surface area (Å²) in [6.07, 6.45) is 0.476. The van der Waals surface area contributed by atoms with Crippen LogP contribution in [0.3, 0.4) is 0 Å². The molecule has 0 radical (unpaired) electrons. The van der Waals surface area contributed by atoms with Crippen LogP contribution in [0.15, 0.2) is 29.4 Å². The number of carbonyl (C=O) groups is 1. The molecule has 0 aliphatic rings. The number of benzene rings is 1. The molecule has 0 saturated carbocycles. The van der Waals surface area contributed by atoms with Crippen LogP contribution in [0.25, 0.3) is 5.69 Å². The molecule has 2 rings (SSSR count). The van der Waals surface area contributed by atoms with Crippen molar-refractivity contribution in [1.29, 1.82) is 0 Å². The fraction of sp³-hybridized carbons (Fsp3) is 0.357. The number of nitrogens with two attached hydrogens (primary N) is 1. The minimum absolute atomic E-state index is 0. The van der Waals surface area contributed by atoms with Crippen LogP contribution in [0.2, 0.25) is 0 Å². The van der Waals surface area contributed by atoms with Crippen molar-refractivity contribution in [3.63, 3.8) is 0 Å². The third kappa shape index (κ3) is 4.66. The van der Waals surface area contributed by atoms with Gasteiger partial charge in [0.05, 0.1) is 11.4 Å². The van der Waals surface area contributed by atoms with E-state index >= 15 is 0 Å². The second kappa shape index (κ2) is 8.85. The predicted octanol–water partition coefficient (Wildman–Crippen LogP) is 1.51. The lowest BCUT2D eigenvalue weighted by Gasteiger charge is -2.12. The van der Waals surface area contributed by atoms with Crippen molar-refractivity contribution >= 4 is 30.1 Å². The van der Waals surface area contributed by atoms with E-state index in [0.717, 1.165) is 0 Å². The molecule has 0 saturated heterocycles. The van der Waals surface area contributed by atoms with Gasteiger partial charge in [0, 0.05) is 20.5 Å².